The number of nitrogens with zero attached hydrogens (tertiary/aromatic N) is 4. The summed E-state index contributed by atoms with van der Waals surface area (Å²) in [5.74, 6) is 0.0758. The minimum absolute atomic E-state index is 0.0758. The molecular formula is C19H24N4O. The fraction of sp³-hybridized carbons (Fsp3) is 0.368. The van der Waals surface area contributed by atoms with Crippen LogP contribution in [0.15, 0.2) is 48.7 Å². The van der Waals surface area contributed by atoms with Crippen LogP contribution in [-0.4, -0.2) is 51.7 Å². The topological polar surface area (TPSA) is 41.4 Å². The zero-order valence-electron chi connectivity index (χ0n) is 14.3. The lowest BCUT2D eigenvalue weighted by molar-refractivity contribution is -0.125. The van der Waals surface area contributed by atoms with E-state index in [-0.39, 0.29) is 5.91 Å². The van der Waals surface area contributed by atoms with Crippen LogP contribution in [0.2, 0.25) is 0 Å². The largest absolute Gasteiger partial charge is 0.338 e. The number of carbonyl (C=O) groups excluding carboxylic acids is 1. The normalized spacial score (nSPS) is 18.0. The molecule has 5 heteroatoms. The minimum Gasteiger partial charge on any atom is -0.338 e. The fourth-order valence-electron chi connectivity index (χ4n) is 3.11. The van der Waals surface area contributed by atoms with Gasteiger partial charge in [0.25, 0.3) is 0 Å². The fourth-order valence-corrected chi connectivity index (χ4v) is 3.11. The highest BCUT2D eigenvalue weighted by Crippen LogP contribution is 2.17. The molecule has 1 aromatic heterocycles. The van der Waals surface area contributed by atoms with Crippen LogP contribution in [0.3, 0.4) is 0 Å². The lowest BCUT2D eigenvalue weighted by Crippen LogP contribution is -2.35. The van der Waals surface area contributed by atoms with Crippen molar-refractivity contribution in [2.45, 2.75) is 19.0 Å². The molecule has 0 saturated carbocycles. The molecule has 1 fully saturated rings. The summed E-state index contributed by atoms with van der Waals surface area (Å²) in [5, 5.41) is 4.10. The number of amides is 1. The van der Waals surface area contributed by atoms with Gasteiger partial charge in [-0.05, 0) is 31.2 Å². The highest BCUT2D eigenvalue weighted by molar-refractivity contribution is 5.91. The van der Waals surface area contributed by atoms with Crippen LogP contribution in [0.5, 0.6) is 0 Å². The van der Waals surface area contributed by atoms with E-state index in [9.17, 15) is 4.79 Å². The van der Waals surface area contributed by atoms with Crippen molar-refractivity contribution < 1.29 is 4.79 Å². The van der Waals surface area contributed by atoms with Gasteiger partial charge in [-0.2, -0.15) is 5.10 Å². The van der Waals surface area contributed by atoms with Crippen molar-refractivity contribution in [3.05, 3.63) is 59.9 Å². The van der Waals surface area contributed by atoms with Gasteiger partial charge in [-0.15, -0.1) is 0 Å². The summed E-state index contributed by atoms with van der Waals surface area (Å²) in [6.07, 6.45) is 6.23. The third kappa shape index (κ3) is 3.92. The van der Waals surface area contributed by atoms with E-state index in [2.05, 4.69) is 41.3 Å². The minimum atomic E-state index is 0.0758. The molecule has 1 aliphatic heterocycles. The maximum Gasteiger partial charge on any atom is 0.246 e. The smallest absolute Gasteiger partial charge is 0.246 e. The van der Waals surface area contributed by atoms with Crippen molar-refractivity contribution in [1.82, 2.24) is 19.6 Å². The Kier molecular flexibility index (Phi) is 5.11. The number of likely N-dealkylation sites (tertiary alicyclic amines) is 1. The van der Waals surface area contributed by atoms with Gasteiger partial charge in [0.05, 0.1) is 5.69 Å². The molecule has 0 spiro atoms. The molecule has 0 N–H and O–H groups in total. The molecule has 1 atom stereocenters. The molecule has 3 rings (SSSR count). The van der Waals surface area contributed by atoms with Crippen molar-refractivity contribution in [3.63, 3.8) is 0 Å². The monoisotopic (exact) mass is 324 g/mol. The van der Waals surface area contributed by atoms with Gasteiger partial charge < -0.3 is 4.90 Å². The first-order valence-electron chi connectivity index (χ1n) is 8.32. The second-order valence-electron chi connectivity index (χ2n) is 6.34. The Labute approximate surface area is 143 Å². The van der Waals surface area contributed by atoms with Crippen LogP contribution in [0.25, 0.3) is 6.08 Å². The predicted molar refractivity (Wildman–Crippen MR) is 95.1 cm³/mol. The van der Waals surface area contributed by atoms with Gasteiger partial charge in [0.1, 0.15) is 0 Å². The molecule has 126 valence electrons. The summed E-state index contributed by atoms with van der Waals surface area (Å²) in [6.45, 7) is 2.52. The Morgan fingerprint density at radius 3 is 2.83 bits per heavy atom. The van der Waals surface area contributed by atoms with Crippen LogP contribution in [0.1, 0.15) is 17.7 Å². The van der Waals surface area contributed by atoms with E-state index in [1.807, 2.05) is 30.2 Å². The molecule has 0 bridgehead atoms. The lowest BCUT2D eigenvalue weighted by Gasteiger charge is -2.24. The number of rotatable bonds is 5. The van der Waals surface area contributed by atoms with E-state index in [1.54, 1.807) is 17.0 Å². The van der Waals surface area contributed by atoms with E-state index >= 15 is 0 Å². The van der Waals surface area contributed by atoms with E-state index in [4.69, 9.17) is 0 Å². The second-order valence-corrected chi connectivity index (χ2v) is 6.34. The molecule has 1 unspecified atom stereocenters. The number of benzene rings is 1. The number of aryl methyl sites for hydroxylation is 1. The van der Waals surface area contributed by atoms with E-state index < -0.39 is 0 Å². The Bertz CT molecular complexity index is 707. The molecule has 0 aliphatic carbocycles. The summed E-state index contributed by atoms with van der Waals surface area (Å²) in [7, 11) is 4.01. The molecule has 1 aliphatic rings. The SMILES string of the molecule is CN(Cc1ccccc1)C1CCN(C(=O)/C=C/c2ccnn2C)C1. The predicted octanol–water partition coefficient (Wildman–Crippen LogP) is 2.17. The third-order valence-corrected chi connectivity index (χ3v) is 4.63. The molecule has 1 aromatic carbocycles. The van der Waals surface area contributed by atoms with Crippen molar-refractivity contribution in [2.75, 3.05) is 20.1 Å². The van der Waals surface area contributed by atoms with Gasteiger partial charge in [0.2, 0.25) is 5.91 Å². The van der Waals surface area contributed by atoms with E-state index in [0.29, 0.717) is 6.04 Å². The quantitative estimate of drug-likeness (QED) is 0.792. The van der Waals surface area contributed by atoms with Gasteiger partial charge in [-0.25, -0.2) is 0 Å². The summed E-state index contributed by atoms with van der Waals surface area (Å²) in [5.41, 5.74) is 2.24. The Balaban J connectivity index is 1.54. The number of hydrogen-bond acceptors (Lipinski definition) is 3. The first-order chi connectivity index (χ1) is 11.6. The number of aromatic nitrogens is 2. The molecule has 24 heavy (non-hydrogen) atoms. The van der Waals surface area contributed by atoms with Crippen LogP contribution in [-0.2, 0) is 18.4 Å². The Hall–Kier alpha value is -2.40. The maximum atomic E-state index is 12.4. The van der Waals surface area contributed by atoms with Gasteiger partial charge >= 0.3 is 0 Å². The standard InChI is InChI=1S/C19H24N4O/c1-21(14-16-6-4-3-5-7-16)18-11-13-23(15-18)19(24)9-8-17-10-12-20-22(17)2/h3-10,12,18H,11,13-15H2,1-2H3/b9-8+. The first-order valence-corrected chi connectivity index (χ1v) is 8.32. The van der Waals surface area contributed by atoms with E-state index in [0.717, 1.165) is 31.7 Å². The van der Waals surface area contributed by atoms with Crippen LogP contribution in [0, 0.1) is 0 Å². The van der Waals surface area contributed by atoms with Gasteiger partial charge in [-0.3, -0.25) is 14.4 Å². The maximum absolute atomic E-state index is 12.4. The molecular weight excluding hydrogens is 300 g/mol. The van der Waals surface area contributed by atoms with Gasteiger partial charge in [0.15, 0.2) is 0 Å². The number of carbonyl (C=O) groups is 1. The van der Waals surface area contributed by atoms with Crippen molar-refractivity contribution in [2.24, 2.45) is 7.05 Å². The lowest BCUT2D eigenvalue weighted by atomic mass is 10.1. The number of hydrogen-bond donors (Lipinski definition) is 0. The highest BCUT2D eigenvalue weighted by Gasteiger charge is 2.27. The zero-order valence-corrected chi connectivity index (χ0v) is 14.3. The van der Waals surface area contributed by atoms with Gasteiger partial charge in [-0.1, -0.05) is 30.3 Å². The average molecular weight is 324 g/mol. The molecule has 2 aromatic rings. The van der Waals surface area contributed by atoms with Crippen LogP contribution < -0.4 is 0 Å². The summed E-state index contributed by atoms with van der Waals surface area (Å²) < 4.78 is 1.75. The Morgan fingerprint density at radius 1 is 1.33 bits per heavy atom. The zero-order chi connectivity index (χ0) is 16.9. The van der Waals surface area contributed by atoms with Gasteiger partial charge in [0, 0.05) is 45.0 Å². The Morgan fingerprint density at radius 2 is 2.12 bits per heavy atom. The number of likely N-dealkylation sites (N-methyl/N-ethyl adjacent to an activating group) is 1. The summed E-state index contributed by atoms with van der Waals surface area (Å²) in [4.78, 5) is 16.6. The van der Waals surface area contributed by atoms with Crippen molar-refractivity contribution >= 4 is 12.0 Å². The van der Waals surface area contributed by atoms with E-state index in [1.165, 1.54) is 5.56 Å². The molecule has 0 radical (unpaired) electrons. The highest BCUT2D eigenvalue weighted by atomic mass is 16.2. The van der Waals surface area contributed by atoms with Crippen LogP contribution in [0.4, 0.5) is 0 Å². The summed E-state index contributed by atoms with van der Waals surface area (Å²) >= 11 is 0. The molecule has 2 heterocycles. The van der Waals surface area contributed by atoms with Crippen LogP contribution >= 0.6 is 0 Å². The second kappa shape index (κ2) is 7.45. The molecule has 5 nitrogen and oxygen atoms in total. The van der Waals surface area contributed by atoms with Crippen molar-refractivity contribution in [1.29, 1.82) is 0 Å². The van der Waals surface area contributed by atoms with Crippen molar-refractivity contribution in [3.8, 4) is 0 Å². The first kappa shape index (κ1) is 16.5. The molecule has 1 saturated heterocycles. The molecule has 1 amide bonds. The summed E-state index contributed by atoms with van der Waals surface area (Å²) in [6, 6.07) is 12.8. The third-order valence-electron chi connectivity index (χ3n) is 4.63. The average Bonchev–Trinajstić information content (AvgIpc) is 3.23.